The number of halogens is 1. The predicted molar refractivity (Wildman–Crippen MR) is 114 cm³/mol. The van der Waals surface area contributed by atoms with E-state index >= 15 is 0 Å². The normalized spacial score (nSPS) is 16.2. The maximum Gasteiger partial charge on any atom is 0.258 e. The van der Waals surface area contributed by atoms with Crippen LogP contribution in [0.25, 0.3) is 0 Å². The van der Waals surface area contributed by atoms with Gasteiger partial charge in [-0.2, -0.15) is 0 Å². The Kier molecular flexibility index (Phi) is 7.75. The van der Waals surface area contributed by atoms with Crippen molar-refractivity contribution in [3.8, 4) is 5.75 Å². The number of ether oxygens (including phenoxy) is 1. The highest BCUT2D eigenvalue weighted by Gasteiger charge is 2.24. The topological polar surface area (TPSA) is 41.6 Å². The van der Waals surface area contributed by atoms with Gasteiger partial charge < -0.3 is 10.1 Å². The Labute approximate surface area is 172 Å². The summed E-state index contributed by atoms with van der Waals surface area (Å²) in [5, 5.41) is 3.80. The van der Waals surface area contributed by atoms with Crippen LogP contribution in [0.4, 0.5) is 0 Å². The van der Waals surface area contributed by atoms with Crippen molar-refractivity contribution in [1.29, 1.82) is 0 Å². The first-order valence-electron chi connectivity index (χ1n) is 10.1. The van der Waals surface area contributed by atoms with Gasteiger partial charge in [-0.15, -0.1) is 0 Å². The van der Waals surface area contributed by atoms with Gasteiger partial charge in [0.15, 0.2) is 6.61 Å². The molecule has 2 aromatic rings. The number of aryl methyl sites for hydroxylation is 1. The monoisotopic (exact) mass is 400 g/mol. The molecule has 0 bridgehead atoms. The lowest BCUT2D eigenvalue weighted by atomic mass is 10.0. The summed E-state index contributed by atoms with van der Waals surface area (Å²) in [6, 6.07) is 15.7. The van der Waals surface area contributed by atoms with Crippen molar-refractivity contribution in [2.45, 2.75) is 38.6 Å². The molecule has 1 N–H and O–H groups in total. The molecular formula is C23H29ClN2O2. The van der Waals surface area contributed by atoms with Crippen LogP contribution in [0.15, 0.2) is 48.5 Å². The number of likely N-dealkylation sites (tertiary alicyclic amines) is 1. The summed E-state index contributed by atoms with van der Waals surface area (Å²) in [5.74, 6) is 0.628. The second-order valence-corrected chi connectivity index (χ2v) is 7.75. The molecule has 150 valence electrons. The van der Waals surface area contributed by atoms with E-state index in [2.05, 4.69) is 16.3 Å². The fourth-order valence-corrected chi connectivity index (χ4v) is 3.97. The third-order valence-corrected chi connectivity index (χ3v) is 5.63. The molecule has 0 saturated carbocycles. The molecule has 28 heavy (non-hydrogen) atoms. The van der Waals surface area contributed by atoms with Gasteiger partial charge in [-0.3, -0.25) is 9.69 Å². The van der Waals surface area contributed by atoms with Crippen LogP contribution in [-0.4, -0.2) is 37.0 Å². The van der Waals surface area contributed by atoms with E-state index in [1.165, 1.54) is 25.7 Å². The molecule has 1 heterocycles. The van der Waals surface area contributed by atoms with E-state index in [-0.39, 0.29) is 18.6 Å². The van der Waals surface area contributed by atoms with Crippen molar-refractivity contribution in [3.05, 3.63) is 64.7 Å². The Bertz CT molecular complexity index is 773. The summed E-state index contributed by atoms with van der Waals surface area (Å²) in [6.07, 6.45) is 4.90. The lowest BCUT2D eigenvalue weighted by Crippen LogP contribution is -2.40. The van der Waals surface area contributed by atoms with E-state index in [0.717, 1.165) is 35.0 Å². The molecule has 0 spiro atoms. The first-order valence-corrected chi connectivity index (χ1v) is 10.5. The summed E-state index contributed by atoms with van der Waals surface area (Å²) in [7, 11) is 0. The maximum atomic E-state index is 12.4. The van der Waals surface area contributed by atoms with E-state index in [9.17, 15) is 4.79 Å². The van der Waals surface area contributed by atoms with Crippen molar-refractivity contribution >= 4 is 17.5 Å². The number of amides is 1. The minimum atomic E-state index is -0.116. The van der Waals surface area contributed by atoms with Crippen molar-refractivity contribution in [2.24, 2.45) is 0 Å². The van der Waals surface area contributed by atoms with Crippen molar-refractivity contribution < 1.29 is 9.53 Å². The van der Waals surface area contributed by atoms with Gasteiger partial charge in [-0.25, -0.2) is 0 Å². The van der Waals surface area contributed by atoms with Crippen molar-refractivity contribution in [3.63, 3.8) is 0 Å². The standard InChI is InChI=1S/C23H29ClN2O2/c1-18-10-4-7-13-22(18)28-17-23(27)25-16-21(19-11-5-6-12-20(19)24)26-14-8-2-3-9-15-26/h4-7,10-13,21H,2-3,8-9,14-17H2,1H3,(H,25,27)/t21-/m1/s1. The molecule has 3 rings (SSSR count). The first kappa shape index (κ1) is 20.7. The number of carbonyl (C=O) groups is 1. The van der Waals surface area contributed by atoms with E-state index in [0.29, 0.717) is 6.54 Å². The molecule has 5 heteroatoms. The lowest BCUT2D eigenvalue weighted by Gasteiger charge is -2.31. The zero-order valence-electron chi connectivity index (χ0n) is 16.5. The number of carbonyl (C=O) groups excluding carboxylic acids is 1. The molecule has 1 fully saturated rings. The van der Waals surface area contributed by atoms with Gasteiger partial charge in [0.05, 0.1) is 6.04 Å². The highest BCUT2D eigenvalue weighted by atomic mass is 35.5. The summed E-state index contributed by atoms with van der Waals surface area (Å²) in [4.78, 5) is 14.9. The molecule has 1 aliphatic rings. The van der Waals surface area contributed by atoms with E-state index < -0.39 is 0 Å². The largest absolute Gasteiger partial charge is 0.484 e. The number of nitrogens with zero attached hydrogens (tertiary/aromatic N) is 1. The number of hydrogen-bond acceptors (Lipinski definition) is 3. The van der Waals surface area contributed by atoms with Gasteiger partial charge in [0.1, 0.15) is 5.75 Å². The van der Waals surface area contributed by atoms with Crippen LogP contribution in [0, 0.1) is 6.92 Å². The fourth-order valence-electron chi connectivity index (χ4n) is 3.71. The van der Waals surface area contributed by atoms with Crippen LogP contribution >= 0.6 is 11.6 Å². The average molecular weight is 401 g/mol. The molecule has 0 aliphatic carbocycles. The van der Waals surface area contributed by atoms with Crippen LogP contribution in [-0.2, 0) is 4.79 Å². The van der Waals surface area contributed by atoms with Crippen LogP contribution in [0.3, 0.4) is 0 Å². The highest BCUT2D eigenvalue weighted by molar-refractivity contribution is 6.31. The Morgan fingerprint density at radius 2 is 1.75 bits per heavy atom. The van der Waals surface area contributed by atoms with Crippen LogP contribution in [0.5, 0.6) is 5.75 Å². The molecule has 1 atom stereocenters. The minimum Gasteiger partial charge on any atom is -0.484 e. The molecule has 1 aliphatic heterocycles. The molecule has 1 amide bonds. The highest BCUT2D eigenvalue weighted by Crippen LogP contribution is 2.29. The molecule has 0 aromatic heterocycles. The number of benzene rings is 2. The second kappa shape index (κ2) is 10.5. The van der Waals surface area contributed by atoms with E-state index in [1.807, 2.05) is 49.4 Å². The van der Waals surface area contributed by atoms with Crippen LogP contribution in [0.2, 0.25) is 5.02 Å². The predicted octanol–water partition coefficient (Wildman–Crippen LogP) is 4.76. The molecular weight excluding hydrogens is 372 g/mol. The Morgan fingerprint density at radius 1 is 1.07 bits per heavy atom. The average Bonchev–Trinajstić information content (AvgIpc) is 2.98. The summed E-state index contributed by atoms with van der Waals surface area (Å²) in [5.41, 5.74) is 2.10. The minimum absolute atomic E-state index is 0.0140. The fraction of sp³-hybridized carbons (Fsp3) is 0.435. The van der Waals surface area contributed by atoms with E-state index in [4.69, 9.17) is 16.3 Å². The number of para-hydroxylation sites is 1. The van der Waals surface area contributed by atoms with Gasteiger partial charge in [0.25, 0.3) is 5.91 Å². The second-order valence-electron chi connectivity index (χ2n) is 7.35. The maximum absolute atomic E-state index is 12.4. The van der Waals surface area contributed by atoms with Crippen LogP contribution < -0.4 is 10.1 Å². The summed E-state index contributed by atoms with van der Waals surface area (Å²) >= 11 is 6.49. The van der Waals surface area contributed by atoms with Gasteiger partial charge in [-0.05, 0) is 56.1 Å². The SMILES string of the molecule is Cc1ccccc1OCC(=O)NC[C@H](c1ccccc1Cl)N1CCCCCC1. The Morgan fingerprint density at radius 3 is 2.46 bits per heavy atom. The van der Waals surface area contributed by atoms with Gasteiger partial charge in [0, 0.05) is 11.6 Å². The molecule has 4 nitrogen and oxygen atoms in total. The summed E-state index contributed by atoms with van der Waals surface area (Å²) in [6.45, 7) is 4.58. The third kappa shape index (κ3) is 5.73. The quantitative estimate of drug-likeness (QED) is 0.728. The number of nitrogens with one attached hydrogen (secondary N) is 1. The smallest absolute Gasteiger partial charge is 0.258 e. The van der Waals surface area contributed by atoms with Gasteiger partial charge in [-0.1, -0.05) is 60.8 Å². The zero-order chi connectivity index (χ0) is 19.8. The van der Waals surface area contributed by atoms with Crippen LogP contribution in [0.1, 0.15) is 42.9 Å². The molecule has 0 unspecified atom stereocenters. The van der Waals surface area contributed by atoms with E-state index in [1.54, 1.807) is 0 Å². The zero-order valence-corrected chi connectivity index (χ0v) is 17.3. The molecule has 0 radical (unpaired) electrons. The Balaban J connectivity index is 1.63. The van der Waals surface area contributed by atoms with Gasteiger partial charge >= 0.3 is 0 Å². The molecule has 1 saturated heterocycles. The first-order chi connectivity index (χ1) is 13.6. The number of hydrogen-bond donors (Lipinski definition) is 1. The lowest BCUT2D eigenvalue weighted by molar-refractivity contribution is -0.123. The van der Waals surface area contributed by atoms with Crippen molar-refractivity contribution in [1.82, 2.24) is 10.2 Å². The number of rotatable bonds is 7. The Hall–Kier alpha value is -2.04. The van der Waals surface area contributed by atoms with Crippen molar-refractivity contribution in [2.75, 3.05) is 26.2 Å². The van der Waals surface area contributed by atoms with Gasteiger partial charge in [0.2, 0.25) is 0 Å². The molecule has 2 aromatic carbocycles. The summed E-state index contributed by atoms with van der Waals surface area (Å²) < 4.78 is 5.67. The third-order valence-electron chi connectivity index (χ3n) is 5.29.